The molecule has 19 heavy (non-hydrogen) atoms. The van der Waals surface area contributed by atoms with Gasteiger partial charge in [0.1, 0.15) is 17.5 Å². The maximum atomic E-state index is 13.3. The minimum absolute atomic E-state index is 0.0519. The van der Waals surface area contributed by atoms with E-state index in [4.69, 9.17) is 0 Å². The summed E-state index contributed by atoms with van der Waals surface area (Å²) in [6, 6.07) is 8.45. The number of carbonyl (C=O) groups is 1. The smallest absolute Gasteiger partial charge is 0.251 e. The summed E-state index contributed by atoms with van der Waals surface area (Å²) in [7, 11) is 0. The highest BCUT2D eigenvalue weighted by Crippen LogP contribution is 2.09. The topological polar surface area (TPSA) is 29.1 Å². The van der Waals surface area contributed by atoms with E-state index >= 15 is 0 Å². The molecule has 1 N–H and O–H groups in total. The van der Waals surface area contributed by atoms with Crippen molar-refractivity contribution in [1.82, 2.24) is 5.32 Å². The molecule has 0 aromatic heterocycles. The standard InChI is InChI=1S/C14H10F3NO/c15-11-5-10(6-12(16)7-11)14(19)18-8-9-3-1-2-4-13(9)17/h1-7H,8H2,(H,18,19). The van der Waals surface area contributed by atoms with Gasteiger partial charge in [-0.1, -0.05) is 18.2 Å². The van der Waals surface area contributed by atoms with Crippen LogP contribution in [-0.4, -0.2) is 5.91 Å². The molecule has 0 aliphatic heterocycles. The molecule has 2 aromatic rings. The minimum atomic E-state index is -0.837. The van der Waals surface area contributed by atoms with E-state index in [2.05, 4.69) is 5.32 Å². The number of nitrogens with one attached hydrogen (secondary N) is 1. The van der Waals surface area contributed by atoms with Crippen molar-refractivity contribution in [3.05, 3.63) is 71.0 Å². The second kappa shape index (κ2) is 5.56. The molecule has 0 aliphatic carbocycles. The molecule has 2 nitrogen and oxygen atoms in total. The van der Waals surface area contributed by atoms with Gasteiger partial charge in [-0.3, -0.25) is 4.79 Å². The maximum Gasteiger partial charge on any atom is 0.251 e. The average Bonchev–Trinajstić information content (AvgIpc) is 2.36. The molecule has 98 valence electrons. The van der Waals surface area contributed by atoms with Gasteiger partial charge in [0, 0.05) is 23.7 Å². The first-order chi connectivity index (χ1) is 9.06. The van der Waals surface area contributed by atoms with E-state index in [1.54, 1.807) is 6.07 Å². The number of hydrogen-bond donors (Lipinski definition) is 1. The third kappa shape index (κ3) is 3.34. The summed E-state index contributed by atoms with van der Waals surface area (Å²) in [6.07, 6.45) is 0. The van der Waals surface area contributed by atoms with E-state index in [0.717, 1.165) is 12.1 Å². The first-order valence-corrected chi connectivity index (χ1v) is 5.54. The molecule has 0 saturated heterocycles. The van der Waals surface area contributed by atoms with Crippen LogP contribution in [0.4, 0.5) is 13.2 Å². The van der Waals surface area contributed by atoms with E-state index < -0.39 is 23.4 Å². The Bertz CT molecular complexity index is 593. The van der Waals surface area contributed by atoms with Crippen molar-refractivity contribution < 1.29 is 18.0 Å². The Kier molecular flexibility index (Phi) is 3.85. The lowest BCUT2D eigenvalue weighted by Gasteiger charge is -2.06. The molecule has 5 heteroatoms. The zero-order valence-electron chi connectivity index (χ0n) is 9.79. The molecule has 0 bridgehead atoms. The quantitative estimate of drug-likeness (QED) is 0.908. The number of amides is 1. The average molecular weight is 265 g/mol. The van der Waals surface area contributed by atoms with Crippen LogP contribution in [0.2, 0.25) is 0 Å². The fourth-order valence-electron chi connectivity index (χ4n) is 1.60. The van der Waals surface area contributed by atoms with E-state index in [-0.39, 0.29) is 12.1 Å². The summed E-state index contributed by atoms with van der Waals surface area (Å²) < 4.78 is 39.2. The third-order valence-electron chi connectivity index (χ3n) is 2.52. The number of hydrogen-bond acceptors (Lipinski definition) is 1. The summed E-state index contributed by atoms with van der Waals surface area (Å²) >= 11 is 0. The van der Waals surface area contributed by atoms with Crippen molar-refractivity contribution in [3.8, 4) is 0 Å². The van der Waals surface area contributed by atoms with E-state index in [0.29, 0.717) is 11.6 Å². The van der Waals surface area contributed by atoms with Gasteiger partial charge in [-0.25, -0.2) is 13.2 Å². The Morgan fingerprint density at radius 3 is 2.26 bits per heavy atom. The highest BCUT2D eigenvalue weighted by molar-refractivity contribution is 5.94. The number of halogens is 3. The second-order valence-electron chi connectivity index (χ2n) is 3.93. The molecule has 0 heterocycles. The molecule has 2 rings (SSSR count). The summed E-state index contributed by atoms with van der Waals surface area (Å²) in [5.74, 6) is -2.79. The zero-order chi connectivity index (χ0) is 13.8. The Morgan fingerprint density at radius 1 is 1.00 bits per heavy atom. The largest absolute Gasteiger partial charge is 0.348 e. The molecule has 2 aromatic carbocycles. The summed E-state index contributed by atoms with van der Waals surface area (Å²) in [6.45, 7) is -0.0519. The predicted octanol–water partition coefficient (Wildman–Crippen LogP) is 3.03. The number of carbonyl (C=O) groups excluding carboxylic acids is 1. The maximum absolute atomic E-state index is 13.3. The first-order valence-electron chi connectivity index (χ1n) is 5.54. The van der Waals surface area contributed by atoms with Gasteiger partial charge in [0.25, 0.3) is 5.91 Å². The van der Waals surface area contributed by atoms with Crippen LogP contribution in [0.25, 0.3) is 0 Å². The van der Waals surface area contributed by atoms with E-state index in [1.165, 1.54) is 18.2 Å². The highest BCUT2D eigenvalue weighted by atomic mass is 19.1. The fourth-order valence-corrected chi connectivity index (χ4v) is 1.60. The molecule has 0 spiro atoms. The van der Waals surface area contributed by atoms with Crippen LogP contribution in [0.5, 0.6) is 0 Å². The van der Waals surface area contributed by atoms with Crippen LogP contribution in [-0.2, 0) is 6.54 Å². The van der Waals surface area contributed by atoms with Crippen molar-refractivity contribution in [1.29, 1.82) is 0 Å². The number of benzene rings is 2. The van der Waals surface area contributed by atoms with Crippen LogP contribution in [0.3, 0.4) is 0 Å². The van der Waals surface area contributed by atoms with Crippen LogP contribution in [0.15, 0.2) is 42.5 Å². The summed E-state index contributed by atoms with van der Waals surface area (Å²) in [5.41, 5.74) is 0.154. The summed E-state index contributed by atoms with van der Waals surface area (Å²) in [4.78, 5) is 11.7. The Hall–Kier alpha value is -2.30. The van der Waals surface area contributed by atoms with Crippen LogP contribution >= 0.6 is 0 Å². The lowest BCUT2D eigenvalue weighted by Crippen LogP contribution is -2.23. The number of rotatable bonds is 3. The molecule has 0 saturated carbocycles. The second-order valence-corrected chi connectivity index (χ2v) is 3.93. The zero-order valence-corrected chi connectivity index (χ0v) is 9.79. The highest BCUT2D eigenvalue weighted by Gasteiger charge is 2.09. The van der Waals surface area contributed by atoms with Crippen LogP contribution in [0.1, 0.15) is 15.9 Å². The molecule has 0 radical (unpaired) electrons. The Labute approximate surface area is 107 Å². The Balaban J connectivity index is 2.08. The van der Waals surface area contributed by atoms with Crippen molar-refractivity contribution in [2.45, 2.75) is 6.54 Å². The minimum Gasteiger partial charge on any atom is -0.348 e. The van der Waals surface area contributed by atoms with Crippen molar-refractivity contribution in [3.63, 3.8) is 0 Å². The fraction of sp³-hybridized carbons (Fsp3) is 0.0714. The Morgan fingerprint density at radius 2 is 1.63 bits per heavy atom. The van der Waals surface area contributed by atoms with Gasteiger partial charge in [-0.05, 0) is 18.2 Å². The first kappa shape index (κ1) is 13.1. The van der Waals surface area contributed by atoms with Crippen molar-refractivity contribution in [2.24, 2.45) is 0 Å². The molecule has 1 amide bonds. The van der Waals surface area contributed by atoms with Gasteiger partial charge >= 0.3 is 0 Å². The van der Waals surface area contributed by atoms with Gasteiger partial charge in [-0.2, -0.15) is 0 Å². The lowest BCUT2D eigenvalue weighted by atomic mass is 10.1. The summed E-state index contributed by atoms with van der Waals surface area (Å²) in [5, 5.41) is 2.40. The third-order valence-corrected chi connectivity index (χ3v) is 2.52. The molecule has 0 unspecified atom stereocenters. The van der Waals surface area contributed by atoms with Gasteiger partial charge in [0.15, 0.2) is 0 Å². The van der Waals surface area contributed by atoms with Crippen LogP contribution in [0, 0.1) is 17.5 Å². The molecular weight excluding hydrogens is 255 g/mol. The molecule has 0 atom stereocenters. The molecular formula is C14H10F3NO. The monoisotopic (exact) mass is 265 g/mol. The predicted molar refractivity (Wildman–Crippen MR) is 63.9 cm³/mol. The normalized spacial score (nSPS) is 10.3. The lowest BCUT2D eigenvalue weighted by molar-refractivity contribution is 0.0949. The molecule has 0 aliphatic rings. The van der Waals surface area contributed by atoms with Gasteiger partial charge in [-0.15, -0.1) is 0 Å². The van der Waals surface area contributed by atoms with Gasteiger partial charge in [0.05, 0.1) is 0 Å². The van der Waals surface area contributed by atoms with Crippen molar-refractivity contribution >= 4 is 5.91 Å². The van der Waals surface area contributed by atoms with Gasteiger partial charge in [0.2, 0.25) is 0 Å². The van der Waals surface area contributed by atoms with Gasteiger partial charge < -0.3 is 5.32 Å². The molecule has 0 fully saturated rings. The van der Waals surface area contributed by atoms with Crippen LogP contribution < -0.4 is 5.32 Å². The van der Waals surface area contributed by atoms with Crippen molar-refractivity contribution in [2.75, 3.05) is 0 Å². The SMILES string of the molecule is O=C(NCc1ccccc1F)c1cc(F)cc(F)c1. The van der Waals surface area contributed by atoms with E-state index in [9.17, 15) is 18.0 Å². The van der Waals surface area contributed by atoms with E-state index in [1.807, 2.05) is 0 Å².